The van der Waals surface area contributed by atoms with Crippen LogP contribution >= 0.6 is 0 Å². The van der Waals surface area contributed by atoms with Crippen LogP contribution in [0.2, 0.25) is 0 Å². The molecule has 3 nitrogen and oxygen atoms in total. The Morgan fingerprint density at radius 2 is 2.27 bits per heavy atom. The summed E-state index contributed by atoms with van der Waals surface area (Å²) in [6.07, 6.45) is 6.34. The van der Waals surface area contributed by atoms with Crippen molar-refractivity contribution < 1.29 is 5.11 Å². The van der Waals surface area contributed by atoms with Gasteiger partial charge >= 0.3 is 0 Å². The molecule has 15 heavy (non-hydrogen) atoms. The number of hydrogen-bond donors (Lipinski definition) is 2. The number of rotatable bonds is 4. The van der Waals surface area contributed by atoms with E-state index < -0.39 is 0 Å². The van der Waals surface area contributed by atoms with Crippen molar-refractivity contribution in [1.82, 2.24) is 10.2 Å². The summed E-state index contributed by atoms with van der Waals surface area (Å²) in [6.45, 7) is 4.98. The van der Waals surface area contributed by atoms with Crippen LogP contribution in [0.1, 0.15) is 39.0 Å². The number of aliphatic hydroxyl groups is 1. The molecule has 2 heterocycles. The molecule has 0 radical (unpaired) electrons. The van der Waals surface area contributed by atoms with Gasteiger partial charge in [0, 0.05) is 18.1 Å². The van der Waals surface area contributed by atoms with Gasteiger partial charge in [0.2, 0.25) is 0 Å². The largest absolute Gasteiger partial charge is 0.395 e. The van der Waals surface area contributed by atoms with Gasteiger partial charge in [-0.2, -0.15) is 0 Å². The second-order valence-electron chi connectivity index (χ2n) is 5.01. The van der Waals surface area contributed by atoms with Crippen LogP contribution < -0.4 is 5.32 Å². The minimum Gasteiger partial charge on any atom is -0.395 e. The van der Waals surface area contributed by atoms with Crippen LogP contribution in [0.4, 0.5) is 0 Å². The van der Waals surface area contributed by atoms with Crippen molar-refractivity contribution in [1.29, 1.82) is 0 Å². The third-order valence-corrected chi connectivity index (χ3v) is 4.01. The highest BCUT2D eigenvalue weighted by molar-refractivity contribution is 4.90. The number of aliphatic hydroxyl groups excluding tert-OH is 1. The lowest BCUT2D eigenvalue weighted by Crippen LogP contribution is -2.49. The summed E-state index contributed by atoms with van der Waals surface area (Å²) >= 11 is 0. The molecular weight excluding hydrogens is 188 g/mol. The first-order valence-electron chi connectivity index (χ1n) is 6.44. The smallest absolute Gasteiger partial charge is 0.0584 e. The van der Waals surface area contributed by atoms with Gasteiger partial charge in [0.15, 0.2) is 0 Å². The minimum atomic E-state index is 0.279. The van der Waals surface area contributed by atoms with E-state index in [1.807, 2.05) is 0 Å². The van der Waals surface area contributed by atoms with Gasteiger partial charge in [-0.15, -0.1) is 0 Å². The fourth-order valence-electron chi connectivity index (χ4n) is 3.01. The van der Waals surface area contributed by atoms with Crippen LogP contribution in [-0.4, -0.2) is 47.8 Å². The zero-order valence-corrected chi connectivity index (χ0v) is 9.78. The summed E-state index contributed by atoms with van der Waals surface area (Å²) in [7, 11) is 0. The lowest BCUT2D eigenvalue weighted by Gasteiger charge is -2.36. The molecular formula is C12H24N2O. The zero-order chi connectivity index (χ0) is 10.7. The van der Waals surface area contributed by atoms with Gasteiger partial charge in [-0.25, -0.2) is 0 Å². The van der Waals surface area contributed by atoms with Crippen molar-refractivity contribution in [3.05, 3.63) is 0 Å². The van der Waals surface area contributed by atoms with Gasteiger partial charge < -0.3 is 15.3 Å². The van der Waals surface area contributed by atoms with Crippen LogP contribution in [-0.2, 0) is 0 Å². The first-order chi connectivity index (χ1) is 7.33. The molecule has 2 fully saturated rings. The highest BCUT2D eigenvalue weighted by Crippen LogP contribution is 2.27. The molecule has 2 aliphatic heterocycles. The Hall–Kier alpha value is -0.120. The topological polar surface area (TPSA) is 35.5 Å². The maximum absolute atomic E-state index is 9.17. The second-order valence-corrected chi connectivity index (χ2v) is 5.01. The molecule has 3 heteroatoms. The molecule has 0 aromatic carbocycles. The molecule has 2 unspecified atom stereocenters. The summed E-state index contributed by atoms with van der Waals surface area (Å²) < 4.78 is 0. The predicted molar refractivity (Wildman–Crippen MR) is 61.9 cm³/mol. The van der Waals surface area contributed by atoms with Crippen molar-refractivity contribution in [2.45, 2.75) is 57.2 Å². The van der Waals surface area contributed by atoms with Crippen molar-refractivity contribution in [2.75, 3.05) is 19.7 Å². The second kappa shape index (κ2) is 5.28. The Balaban J connectivity index is 1.79. The number of nitrogens with zero attached hydrogens (tertiary/aromatic N) is 1. The third kappa shape index (κ3) is 2.71. The summed E-state index contributed by atoms with van der Waals surface area (Å²) in [4.78, 5) is 2.64. The van der Waals surface area contributed by atoms with Crippen molar-refractivity contribution in [3.8, 4) is 0 Å². The number of fused-ring (bicyclic) bond motifs is 1. The molecule has 0 aromatic heterocycles. The fraction of sp³-hybridized carbons (Fsp3) is 1.00. The molecule has 2 aliphatic rings. The van der Waals surface area contributed by atoms with E-state index in [1.165, 1.54) is 38.8 Å². The summed E-state index contributed by atoms with van der Waals surface area (Å²) in [5, 5.41) is 12.8. The van der Waals surface area contributed by atoms with Crippen LogP contribution in [0.3, 0.4) is 0 Å². The maximum Gasteiger partial charge on any atom is 0.0584 e. The SMILES string of the molecule is CC[C@@H](CO)NC1CCN2CCCC2C1. The molecule has 0 spiro atoms. The molecule has 3 atom stereocenters. The van der Waals surface area contributed by atoms with Crippen LogP contribution in [0.15, 0.2) is 0 Å². The molecule has 2 saturated heterocycles. The summed E-state index contributed by atoms with van der Waals surface area (Å²) in [5.41, 5.74) is 0. The first kappa shape index (κ1) is 11.4. The predicted octanol–water partition coefficient (Wildman–Crippen LogP) is 0.974. The molecule has 88 valence electrons. The van der Waals surface area contributed by atoms with Gasteiger partial charge in [-0.3, -0.25) is 0 Å². The Bertz CT molecular complexity index is 192. The van der Waals surface area contributed by atoms with E-state index in [0.29, 0.717) is 12.1 Å². The minimum absolute atomic E-state index is 0.279. The molecule has 0 bridgehead atoms. The quantitative estimate of drug-likeness (QED) is 0.729. The maximum atomic E-state index is 9.17. The van der Waals surface area contributed by atoms with E-state index in [1.54, 1.807) is 0 Å². The Kier molecular flexibility index (Phi) is 4.00. The molecule has 0 saturated carbocycles. The highest BCUT2D eigenvalue weighted by Gasteiger charge is 2.31. The average Bonchev–Trinajstić information content (AvgIpc) is 2.73. The molecule has 0 amide bonds. The van der Waals surface area contributed by atoms with Gasteiger partial charge in [-0.1, -0.05) is 6.92 Å². The van der Waals surface area contributed by atoms with E-state index in [9.17, 15) is 5.11 Å². The van der Waals surface area contributed by atoms with Crippen molar-refractivity contribution in [3.63, 3.8) is 0 Å². The standard InChI is InChI=1S/C12H24N2O/c1-2-10(9-15)13-11-5-7-14-6-3-4-12(14)8-11/h10-13,15H,2-9H2,1H3/t10-,11?,12?/m0/s1. The van der Waals surface area contributed by atoms with Crippen molar-refractivity contribution in [2.24, 2.45) is 0 Å². The van der Waals surface area contributed by atoms with Gasteiger partial charge in [0.1, 0.15) is 0 Å². The van der Waals surface area contributed by atoms with Gasteiger partial charge in [0.25, 0.3) is 0 Å². The number of nitrogens with one attached hydrogen (secondary N) is 1. The molecule has 2 N–H and O–H groups in total. The Labute approximate surface area is 92.8 Å². The van der Waals surface area contributed by atoms with Crippen LogP contribution in [0, 0.1) is 0 Å². The number of piperidine rings is 1. The molecule has 0 aliphatic carbocycles. The monoisotopic (exact) mass is 212 g/mol. The lowest BCUT2D eigenvalue weighted by molar-refractivity contribution is 0.147. The van der Waals surface area contributed by atoms with Crippen LogP contribution in [0.25, 0.3) is 0 Å². The fourth-order valence-corrected chi connectivity index (χ4v) is 3.01. The van der Waals surface area contributed by atoms with E-state index in [2.05, 4.69) is 17.1 Å². The van der Waals surface area contributed by atoms with Gasteiger partial charge in [-0.05, 0) is 45.2 Å². The normalized spacial score (nSPS) is 34.0. The summed E-state index contributed by atoms with van der Waals surface area (Å²) in [5.74, 6) is 0. The van der Waals surface area contributed by atoms with Gasteiger partial charge in [0.05, 0.1) is 6.61 Å². The molecule has 2 rings (SSSR count). The first-order valence-corrected chi connectivity index (χ1v) is 6.44. The average molecular weight is 212 g/mol. The lowest BCUT2D eigenvalue weighted by atomic mass is 9.96. The van der Waals surface area contributed by atoms with E-state index in [4.69, 9.17) is 0 Å². The van der Waals surface area contributed by atoms with Crippen LogP contribution in [0.5, 0.6) is 0 Å². The third-order valence-electron chi connectivity index (χ3n) is 4.01. The highest BCUT2D eigenvalue weighted by atomic mass is 16.3. The molecule has 0 aromatic rings. The summed E-state index contributed by atoms with van der Waals surface area (Å²) in [6, 6.07) is 1.77. The number of hydrogen-bond acceptors (Lipinski definition) is 3. The Morgan fingerprint density at radius 1 is 1.40 bits per heavy atom. The van der Waals surface area contributed by atoms with E-state index in [0.717, 1.165) is 12.5 Å². The van der Waals surface area contributed by atoms with E-state index >= 15 is 0 Å². The van der Waals surface area contributed by atoms with E-state index in [-0.39, 0.29) is 6.61 Å². The van der Waals surface area contributed by atoms with Crippen molar-refractivity contribution >= 4 is 0 Å². The Morgan fingerprint density at radius 3 is 3.00 bits per heavy atom. The zero-order valence-electron chi connectivity index (χ0n) is 9.78.